The number of carbonyl (C=O) groups excluding carboxylic acids is 1. The lowest BCUT2D eigenvalue weighted by molar-refractivity contribution is -0.129. The Bertz CT molecular complexity index is 696. The highest BCUT2D eigenvalue weighted by molar-refractivity contribution is 7.88. The Balaban J connectivity index is 1.18. The van der Waals surface area contributed by atoms with E-state index in [4.69, 9.17) is 0 Å². The molecule has 1 unspecified atom stereocenters. The molecule has 0 radical (unpaired) electrons. The Hall–Kier alpha value is -0.660. The van der Waals surface area contributed by atoms with Crippen LogP contribution in [0, 0.1) is 29.6 Å². The maximum absolute atomic E-state index is 13.2. The molecule has 6 fully saturated rings. The molecule has 0 spiro atoms. The molecule has 7 heteroatoms. The first-order chi connectivity index (χ1) is 13.4. The van der Waals surface area contributed by atoms with Gasteiger partial charge in [0.25, 0.3) is 0 Å². The molecule has 2 saturated heterocycles. The summed E-state index contributed by atoms with van der Waals surface area (Å²) in [5.74, 6) is 3.89. The predicted octanol–water partition coefficient (Wildman–Crippen LogP) is 1.67. The summed E-state index contributed by atoms with van der Waals surface area (Å²) in [7, 11) is -3.09. The molecule has 2 aliphatic heterocycles. The van der Waals surface area contributed by atoms with Crippen molar-refractivity contribution in [2.75, 3.05) is 32.4 Å². The molecule has 6 rings (SSSR count). The summed E-state index contributed by atoms with van der Waals surface area (Å²) < 4.78 is 25.2. The molecule has 1 amide bonds. The average Bonchev–Trinajstić information content (AvgIpc) is 3.27. The Morgan fingerprint density at radius 3 is 2.29 bits per heavy atom. The molecule has 4 saturated carbocycles. The molecule has 6 nitrogen and oxygen atoms in total. The zero-order valence-electron chi connectivity index (χ0n) is 17.1. The maximum Gasteiger partial charge on any atom is 0.237 e. The van der Waals surface area contributed by atoms with Gasteiger partial charge in [-0.3, -0.25) is 9.69 Å². The van der Waals surface area contributed by atoms with Crippen LogP contribution in [0.2, 0.25) is 0 Å². The molecular formula is C21H35N3O3S. The second-order valence-electron chi connectivity index (χ2n) is 10.4. The number of hydrogen-bond acceptors (Lipinski definition) is 4. The highest BCUT2D eigenvalue weighted by Gasteiger charge is 2.49. The molecule has 0 aromatic carbocycles. The van der Waals surface area contributed by atoms with Crippen molar-refractivity contribution >= 4 is 15.9 Å². The fourth-order valence-electron chi connectivity index (χ4n) is 7.34. The summed E-state index contributed by atoms with van der Waals surface area (Å²) in [6, 6.07) is 0.402. The van der Waals surface area contributed by atoms with E-state index in [-0.39, 0.29) is 11.9 Å². The summed E-state index contributed by atoms with van der Waals surface area (Å²) >= 11 is 0. The highest BCUT2D eigenvalue weighted by Crippen LogP contribution is 2.53. The van der Waals surface area contributed by atoms with Gasteiger partial charge in [0.05, 0.1) is 12.3 Å². The fraction of sp³-hybridized carbons (Fsp3) is 0.952. The molecule has 4 bridgehead atoms. The van der Waals surface area contributed by atoms with Crippen LogP contribution in [-0.2, 0) is 14.8 Å². The van der Waals surface area contributed by atoms with Gasteiger partial charge in [0.15, 0.2) is 0 Å². The van der Waals surface area contributed by atoms with Gasteiger partial charge in [-0.15, -0.1) is 0 Å². The monoisotopic (exact) mass is 409 g/mol. The first kappa shape index (κ1) is 19.3. The largest absolute Gasteiger partial charge is 0.351 e. The van der Waals surface area contributed by atoms with Crippen molar-refractivity contribution < 1.29 is 13.2 Å². The third-order valence-electron chi connectivity index (χ3n) is 8.41. The SMILES string of the molecule is CS(=O)(=O)N1CCC(CN2CCC[C@@H]2C(=O)NC2C3CC4CC(C3)CC2C4)C1. The van der Waals surface area contributed by atoms with Crippen molar-refractivity contribution in [3.05, 3.63) is 0 Å². The predicted molar refractivity (Wildman–Crippen MR) is 108 cm³/mol. The van der Waals surface area contributed by atoms with E-state index in [1.54, 1.807) is 4.31 Å². The number of likely N-dealkylation sites (tertiary alicyclic amines) is 1. The average molecular weight is 410 g/mol. The molecule has 0 aromatic heterocycles. The summed E-state index contributed by atoms with van der Waals surface area (Å²) in [6.45, 7) is 3.06. The number of nitrogens with one attached hydrogen (secondary N) is 1. The lowest BCUT2D eigenvalue weighted by atomic mass is 9.54. The molecule has 2 heterocycles. The second-order valence-corrected chi connectivity index (χ2v) is 12.4. The molecular weight excluding hydrogens is 374 g/mol. The molecule has 6 aliphatic rings. The van der Waals surface area contributed by atoms with Crippen molar-refractivity contribution in [2.45, 2.75) is 63.5 Å². The van der Waals surface area contributed by atoms with Gasteiger partial charge in [-0.1, -0.05) is 0 Å². The third kappa shape index (κ3) is 3.63. The lowest BCUT2D eigenvalue weighted by Gasteiger charge is -2.54. The van der Waals surface area contributed by atoms with Gasteiger partial charge < -0.3 is 5.32 Å². The first-order valence-corrected chi connectivity index (χ1v) is 13.2. The van der Waals surface area contributed by atoms with E-state index in [0.717, 1.165) is 44.2 Å². The van der Waals surface area contributed by atoms with Gasteiger partial charge in [-0.25, -0.2) is 12.7 Å². The van der Waals surface area contributed by atoms with Crippen molar-refractivity contribution in [1.82, 2.24) is 14.5 Å². The van der Waals surface area contributed by atoms with E-state index in [1.165, 1.54) is 38.4 Å². The van der Waals surface area contributed by atoms with E-state index in [1.807, 2.05) is 0 Å². The molecule has 2 atom stereocenters. The van der Waals surface area contributed by atoms with Crippen LogP contribution in [-0.4, -0.2) is 68.0 Å². The zero-order valence-corrected chi connectivity index (χ0v) is 17.9. The number of carbonyl (C=O) groups is 1. The van der Waals surface area contributed by atoms with Crippen molar-refractivity contribution in [1.29, 1.82) is 0 Å². The lowest BCUT2D eigenvalue weighted by Crippen LogP contribution is -2.58. The zero-order chi connectivity index (χ0) is 19.5. The van der Waals surface area contributed by atoms with E-state index >= 15 is 0 Å². The maximum atomic E-state index is 13.2. The van der Waals surface area contributed by atoms with Crippen LogP contribution < -0.4 is 5.32 Å². The number of hydrogen-bond donors (Lipinski definition) is 1. The summed E-state index contributed by atoms with van der Waals surface area (Å²) in [5.41, 5.74) is 0. The van der Waals surface area contributed by atoms with Gasteiger partial charge in [0.1, 0.15) is 0 Å². The number of rotatable bonds is 5. The topological polar surface area (TPSA) is 69.7 Å². The van der Waals surface area contributed by atoms with Crippen LogP contribution in [0.25, 0.3) is 0 Å². The van der Waals surface area contributed by atoms with Crippen molar-refractivity contribution in [2.24, 2.45) is 29.6 Å². The molecule has 28 heavy (non-hydrogen) atoms. The Morgan fingerprint density at radius 1 is 1.00 bits per heavy atom. The molecule has 0 aromatic rings. The standard InChI is InChI=1S/C21H35N3O3S/c1-28(26,27)24-6-4-14(13-24)12-23-5-2-3-19(23)21(25)22-20-17-8-15-7-16(10-17)11-18(20)9-15/h14-20H,2-13H2,1H3,(H,22,25)/t14?,15?,16?,17?,18?,19-,20?/m1/s1. The number of nitrogens with zero attached hydrogens (tertiary/aromatic N) is 2. The van der Waals surface area contributed by atoms with E-state index < -0.39 is 10.0 Å². The van der Waals surface area contributed by atoms with Gasteiger partial charge >= 0.3 is 0 Å². The minimum absolute atomic E-state index is 0.00975. The molecule has 4 aliphatic carbocycles. The van der Waals surface area contributed by atoms with Gasteiger partial charge in [0.2, 0.25) is 15.9 Å². The van der Waals surface area contributed by atoms with Crippen LogP contribution in [0.3, 0.4) is 0 Å². The molecule has 1 N–H and O–H groups in total. The smallest absolute Gasteiger partial charge is 0.237 e. The van der Waals surface area contributed by atoms with E-state index in [0.29, 0.717) is 36.9 Å². The van der Waals surface area contributed by atoms with Gasteiger partial charge in [0, 0.05) is 25.7 Å². The highest BCUT2D eigenvalue weighted by atomic mass is 32.2. The quantitative estimate of drug-likeness (QED) is 0.750. The van der Waals surface area contributed by atoms with E-state index in [9.17, 15) is 13.2 Å². The van der Waals surface area contributed by atoms with Crippen LogP contribution in [0.5, 0.6) is 0 Å². The third-order valence-corrected chi connectivity index (χ3v) is 9.68. The van der Waals surface area contributed by atoms with Crippen LogP contribution >= 0.6 is 0 Å². The van der Waals surface area contributed by atoms with Crippen molar-refractivity contribution in [3.63, 3.8) is 0 Å². The van der Waals surface area contributed by atoms with Crippen LogP contribution in [0.1, 0.15) is 51.4 Å². The fourth-order valence-corrected chi connectivity index (χ4v) is 8.26. The minimum Gasteiger partial charge on any atom is -0.351 e. The normalized spacial score (nSPS) is 43.7. The number of sulfonamides is 1. The first-order valence-electron chi connectivity index (χ1n) is 11.4. The second kappa shape index (κ2) is 7.24. The Labute approximate surface area is 169 Å². The summed E-state index contributed by atoms with van der Waals surface area (Å²) in [5, 5.41) is 3.50. The van der Waals surface area contributed by atoms with Crippen molar-refractivity contribution in [3.8, 4) is 0 Å². The Kier molecular flexibility index (Phi) is 4.99. The van der Waals surface area contributed by atoms with Crippen LogP contribution in [0.15, 0.2) is 0 Å². The van der Waals surface area contributed by atoms with E-state index in [2.05, 4.69) is 10.2 Å². The minimum atomic E-state index is -3.09. The van der Waals surface area contributed by atoms with Crippen LogP contribution in [0.4, 0.5) is 0 Å². The summed E-state index contributed by atoms with van der Waals surface area (Å²) in [4.78, 5) is 15.5. The molecule has 158 valence electrons. The van der Waals surface area contributed by atoms with Gasteiger partial charge in [-0.2, -0.15) is 0 Å². The van der Waals surface area contributed by atoms with Gasteiger partial charge in [-0.05, 0) is 87.5 Å². The summed E-state index contributed by atoms with van der Waals surface area (Å²) in [6.07, 6.45) is 11.0. The number of amides is 1. The Morgan fingerprint density at radius 2 is 1.68 bits per heavy atom.